The Labute approximate surface area is 128 Å². The van der Waals surface area contributed by atoms with Crippen molar-refractivity contribution in [2.45, 2.75) is 51.9 Å². The Balaban J connectivity index is 1.76. The first-order chi connectivity index (χ1) is 10.1. The van der Waals surface area contributed by atoms with E-state index in [9.17, 15) is 0 Å². The Hall–Kier alpha value is -0.900. The van der Waals surface area contributed by atoms with Crippen molar-refractivity contribution >= 4 is 0 Å². The van der Waals surface area contributed by atoms with Crippen molar-refractivity contribution in [2.75, 3.05) is 26.7 Å². The Morgan fingerprint density at radius 3 is 2.24 bits per heavy atom. The molecular formula is C18H28N2O. The molecule has 0 radical (unpaired) electrons. The average Bonchev–Trinajstić information content (AvgIpc) is 2.75. The van der Waals surface area contributed by atoms with Gasteiger partial charge in [-0.25, -0.2) is 0 Å². The lowest BCUT2D eigenvalue weighted by atomic mass is 9.93. The number of nitrogens with zero attached hydrogens (tertiary/aromatic N) is 1. The number of likely N-dealkylation sites (tertiary alicyclic amines) is 1. The van der Waals surface area contributed by atoms with Crippen molar-refractivity contribution in [3.05, 3.63) is 34.4 Å². The number of hydrogen-bond donors (Lipinski definition) is 1. The maximum Gasteiger partial charge on any atom is 0.0707 e. The van der Waals surface area contributed by atoms with Gasteiger partial charge in [0.25, 0.3) is 0 Å². The van der Waals surface area contributed by atoms with Gasteiger partial charge in [0.05, 0.1) is 12.2 Å². The molecule has 116 valence electrons. The van der Waals surface area contributed by atoms with E-state index in [1.807, 2.05) is 0 Å². The molecule has 3 nitrogen and oxygen atoms in total. The first-order valence-electron chi connectivity index (χ1n) is 8.19. The molecule has 1 aromatic carbocycles. The molecule has 0 saturated carbocycles. The van der Waals surface area contributed by atoms with Gasteiger partial charge >= 0.3 is 0 Å². The molecule has 3 atom stereocenters. The Morgan fingerprint density at radius 1 is 1.14 bits per heavy atom. The molecular weight excluding hydrogens is 260 g/mol. The van der Waals surface area contributed by atoms with Crippen LogP contribution in [0.4, 0.5) is 0 Å². The van der Waals surface area contributed by atoms with E-state index in [0.717, 1.165) is 19.6 Å². The minimum Gasteiger partial charge on any atom is -0.372 e. The summed E-state index contributed by atoms with van der Waals surface area (Å²) in [5, 5.41) is 3.53. The van der Waals surface area contributed by atoms with Crippen molar-refractivity contribution < 1.29 is 4.74 Å². The summed E-state index contributed by atoms with van der Waals surface area (Å²) in [5.74, 6) is 0. The summed E-state index contributed by atoms with van der Waals surface area (Å²) < 4.78 is 5.95. The molecule has 1 N–H and O–H groups in total. The number of hydrogen-bond acceptors (Lipinski definition) is 3. The number of benzene rings is 1. The predicted molar refractivity (Wildman–Crippen MR) is 86.8 cm³/mol. The Morgan fingerprint density at radius 2 is 1.71 bits per heavy atom. The van der Waals surface area contributed by atoms with Gasteiger partial charge in [-0.2, -0.15) is 0 Å². The summed E-state index contributed by atoms with van der Waals surface area (Å²) in [6, 6.07) is 5.01. The van der Waals surface area contributed by atoms with E-state index in [-0.39, 0.29) is 0 Å². The zero-order chi connectivity index (χ0) is 15.0. The van der Waals surface area contributed by atoms with Crippen LogP contribution in [0.25, 0.3) is 0 Å². The highest BCUT2D eigenvalue weighted by molar-refractivity contribution is 5.39. The first-order valence-corrected chi connectivity index (χ1v) is 8.19. The normalized spacial score (nSPS) is 27.0. The number of nitrogens with one attached hydrogen (secondary N) is 1. The van der Waals surface area contributed by atoms with E-state index >= 15 is 0 Å². The SMILES string of the molecule is CNC(CN1CC2CCC(C1)O2)c1c(C)cc(C)cc1C. The summed E-state index contributed by atoms with van der Waals surface area (Å²) in [6.45, 7) is 9.93. The van der Waals surface area contributed by atoms with Gasteiger partial charge < -0.3 is 10.1 Å². The minimum absolute atomic E-state index is 0.406. The van der Waals surface area contributed by atoms with E-state index < -0.39 is 0 Å². The highest BCUT2D eigenvalue weighted by atomic mass is 16.5. The summed E-state index contributed by atoms with van der Waals surface area (Å²) >= 11 is 0. The Bertz CT molecular complexity index is 479. The molecule has 3 rings (SSSR count). The third-order valence-electron chi connectivity index (χ3n) is 4.99. The molecule has 0 aromatic heterocycles. The molecule has 0 amide bonds. The van der Waals surface area contributed by atoms with Crippen LogP contribution in [0, 0.1) is 20.8 Å². The van der Waals surface area contributed by atoms with Crippen LogP contribution in [0.3, 0.4) is 0 Å². The number of morpholine rings is 1. The van der Waals surface area contributed by atoms with Crippen LogP contribution in [0.15, 0.2) is 12.1 Å². The molecule has 21 heavy (non-hydrogen) atoms. The van der Waals surface area contributed by atoms with Crippen LogP contribution in [-0.2, 0) is 4.74 Å². The number of rotatable bonds is 4. The van der Waals surface area contributed by atoms with Crippen LogP contribution in [0.2, 0.25) is 0 Å². The number of fused-ring (bicyclic) bond motifs is 2. The number of ether oxygens (including phenoxy) is 1. The van der Waals surface area contributed by atoms with E-state index in [1.165, 1.54) is 35.1 Å². The molecule has 2 bridgehead atoms. The Kier molecular flexibility index (Phi) is 4.34. The fraction of sp³-hybridized carbons (Fsp3) is 0.667. The molecule has 2 heterocycles. The quantitative estimate of drug-likeness (QED) is 0.922. The van der Waals surface area contributed by atoms with E-state index in [1.54, 1.807) is 0 Å². The van der Waals surface area contributed by atoms with Gasteiger partial charge in [0.1, 0.15) is 0 Å². The lowest BCUT2D eigenvalue weighted by Gasteiger charge is -2.35. The largest absolute Gasteiger partial charge is 0.372 e. The third kappa shape index (κ3) is 3.15. The highest BCUT2D eigenvalue weighted by Gasteiger charge is 2.34. The lowest BCUT2D eigenvalue weighted by molar-refractivity contribution is -0.0405. The molecule has 3 heteroatoms. The van der Waals surface area contributed by atoms with Crippen LogP contribution >= 0.6 is 0 Å². The molecule has 1 aromatic rings. The van der Waals surface area contributed by atoms with Crippen molar-refractivity contribution in [1.29, 1.82) is 0 Å². The van der Waals surface area contributed by atoms with Crippen LogP contribution in [0.1, 0.15) is 41.1 Å². The molecule has 3 unspecified atom stereocenters. The second-order valence-corrected chi connectivity index (χ2v) is 6.83. The van der Waals surface area contributed by atoms with Gasteiger partial charge in [0, 0.05) is 25.7 Å². The van der Waals surface area contributed by atoms with Gasteiger partial charge in [-0.1, -0.05) is 17.7 Å². The second kappa shape index (κ2) is 6.07. The zero-order valence-electron chi connectivity index (χ0n) is 13.8. The maximum absolute atomic E-state index is 5.95. The molecule has 0 aliphatic carbocycles. The van der Waals surface area contributed by atoms with Gasteiger partial charge in [-0.15, -0.1) is 0 Å². The fourth-order valence-electron chi connectivity index (χ4n) is 4.17. The van der Waals surface area contributed by atoms with Crippen LogP contribution < -0.4 is 5.32 Å². The smallest absolute Gasteiger partial charge is 0.0707 e. The van der Waals surface area contributed by atoms with E-state index in [4.69, 9.17) is 4.74 Å². The standard InChI is InChI=1S/C18H28N2O/c1-12-7-13(2)18(14(3)8-12)17(19-4)11-20-9-15-5-6-16(10-20)21-15/h7-8,15-17,19H,5-6,9-11H2,1-4H3. The second-order valence-electron chi connectivity index (χ2n) is 6.83. The van der Waals surface area contributed by atoms with Crippen LogP contribution in [-0.4, -0.2) is 43.8 Å². The first kappa shape index (κ1) is 15.0. The highest BCUT2D eigenvalue weighted by Crippen LogP contribution is 2.29. The van der Waals surface area contributed by atoms with Crippen molar-refractivity contribution in [2.24, 2.45) is 0 Å². The van der Waals surface area contributed by atoms with Gasteiger partial charge in [-0.05, 0) is 57.4 Å². The summed E-state index contributed by atoms with van der Waals surface area (Å²) in [6.07, 6.45) is 3.44. The fourth-order valence-corrected chi connectivity index (χ4v) is 4.17. The summed E-state index contributed by atoms with van der Waals surface area (Å²) in [5.41, 5.74) is 5.64. The topological polar surface area (TPSA) is 24.5 Å². The van der Waals surface area contributed by atoms with Gasteiger partial charge in [-0.3, -0.25) is 4.90 Å². The summed E-state index contributed by atoms with van der Waals surface area (Å²) in [7, 11) is 2.08. The number of aryl methyl sites for hydroxylation is 3. The summed E-state index contributed by atoms with van der Waals surface area (Å²) in [4.78, 5) is 2.59. The molecule has 2 aliphatic heterocycles. The molecule has 2 fully saturated rings. The number of likely N-dealkylation sites (N-methyl/N-ethyl adjacent to an activating group) is 1. The molecule has 2 aliphatic rings. The van der Waals surface area contributed by atoms with Gasteiger partial charge in [0.15, 0.2) is 0 Å². The monoisotopic (exact) mass is 288 g/mol. The van der Waals surface area contributed by atoms with E-state index in [2.05, 4.69) is 50.2 Å². The lowest BCUT2D eigenvalue weighted by Crippen LogP contribution is -2.46. The van der Waals surface area contributed by atoms with E-state index in [0.29, 0.717) is 18.2 Å². The van der Waals surface area contributed by atoms with Crippen LogP contribution in [0.5, 0.6) is 0 Å². The van der Waals surface area contributed by atoms with Crippen molar-refractivity contribution in [3.8, 4) is 0 Å². The van der Waals surface area contributed by atoms with Crippen molar-refractivity contribution in [1.82, 2.24) is 10.2 Å². The third-order valence-corrected chi connectivity index (χ3v) is 4.99. The average molecular weight is 288 g/mol. The van der Waals surface area contributed by atoms with Crippen molar-refractivity contribution in [3.63, 3.8) is 0 Å². The minimum atomic E-state index is 0.406. The predicted octanol–water partition coefficient (Wildman–Crippen LogP) is 2.74. The zero-order valence-corrected chi connectivity index (χ0v) is 13.8. The molecule has 0 spiro atoms. The maximum atomic E-state index is 5.95. The van der Waals surface area contributed by atoms with Gasteiger partial charge in [0.2, 0.25) is 0 Å². The molecule has 2 saturated heterocycles.